The molecule has 4 heteroatoms. The Kier molecular flexibility index (Phi) is 6.72. The van der Waals surface area contributed by atoms with E-state index in [-0.39, 0.29) is 6.04 Å². The second-order valence-corrected chi connectivity index (χ2v) is 8.02. The van der Waals surface area contributed by atoms with Crippen molar-refractivity contribution in [2.24, 2.45) is 0 Å². The molecule has 1 nitrogen and oxygen atoms in total. The number of aryl methyl sites for hydroxylation is 1. The Bertz CT molecular complexity index is 611. The normalized spacial score (nSPS) is 12.4. The molecule has 0 saturated heterocycles. The van der Waals surface area contributed by atoms with E-state index in [1.807, 2.05) is 0 Å². The highest BCUT2D eigenvalue weighted by molar-refractivity contribution is 14.1. The van der Waals surface area contributed by atoms with Gasteiger partial charge in [0.2, 0.25) is 0 Å². The largest absolute Gasteiger partial charge is 0.306 e. The van der Waals surface area contributed by atoms with Gasteiger partial charge >= 0.3 is 0 Å². The lowest BCUT2D eigenvalue weighted by molar-refractivity contribution is 0.596. The minimum absolute atomic E-state index is 0.202. The zero-order valence-electron chi connectivity index (χ0n) is 12.1. The van der Waals surface area contributed by atoms with E-state index < -0.39 is 0 Å². The molecule has 0 aliphatic heterocycles. The third-order valence-electron chi connectivity index (χ3n) is 3.39. The molecule has 0 fully saturated rings. The second-order valence-electron chi connectivity index (χ2n) is 5.06. The molecule has 0 heterocycles. The van der Waals surface area contributed by atoms with Gasteiger partial charge < -0.3 is 5.32 Å². The predicted molar refractivity (Wildman–Crippen MR) is 106 cm³/mol. The van der Waals surface area contributed by atoms with Crippen molar-refractivity contribution < 1.29 is 0 Å². The fourth-order valence-corrected chi connectivity index (χ4v) is 3.64. The van der Waals surface area contributed by atoms with E-state index in [2.05, 4.69) is 110 Å². The van der Waals surface area contributed by atoms with Crippen molar-refractivity contribution in [2.45, 2.75) is 26.3 Å². The van der Waals surface area contributed by atoms with E-state index >= 15 is 0 Å². The molecule has 2 rings (SSSR count). The molecule has 1 atom stereocenters. The standard InChI is InChI=1S/C17H18Br2IN/c1-3-8-21-17(12-4-6-13(20)7-5-12)14-10-15(18)11(2)9-16(14)19/h4-7,9-10,17,21H,3,8H2,1-2H3. The molecule has 0 aromatic heterocycles. The minimum Gasteiger partial charge on any atom is -0.306 e. The molecule has 0 spiro atoms. The molecule has 0 aliphatic rings. The number of hydrogen-bond donors (Lipinski definition) is 1. The van der Waals surface area contributed by atoms with Crippen LogP contribution in [-0.4, -0.2) is 6.54 Å². The summed E-state index contributed by atoms with van der Waals surface area (Å²) >= 11 is 9.72. The van der Waals surface area contributed by atoms with Crippen LogP contribution in [0.1, 0.15) is 36.1 Å². The quantitative estimate of drug-likeness (QED) is 0.460. The highest BCUT2D eigenvalue weighted by atomic mass is 127. The SMILES string of the molecule is CCCNC(c1ccc(I)cc1)c1cc(Br)c(C)cc1Br. The van der Waals surface area contributed by atoms with Gasteiger partial charge in [0.05, 0.1) is 6.04 Å². The van der Waals surface area contributed by atoms with Crippen LogP contribution in [0, 0.1) is 10.5 Å². The molecule has 0 amide bonds. The van der Waals surface area contributed by atoms with Gasteiger partial charge in [-0.25, -0.2) is 0 Å². The number of nitrogens with one attached hydrogen (secondary N) is 1. The molecular formula is C17H18Br2IN. The van der Waals surface area contributed by atoms with Crippen molar-refractivity contribution in [3.8, 4) is 0 Å². The van der Waals surface area contributed by atoms with Gasteiger partial charge in [-0.3, -0.25) is 0 Å². The fourth-order valence-electron chi connectivity index (χ4n) is 2.23. The van der Waals surface area contributed by atoms with E-state index in [1.54, 1.807) is 0 Å². The zero-order chi connectivity index (χ0) is 15.4. The summed E-state index contributed by atoms with van der Waals surface area (Å²) in [6.45, 7) is 5.30. The van der Waals surface area contributed by atoms with E-state index in [0.717, 1.165) is 21.9 Å². The van der Waals surface area contributed by atoms with Crippen LogP contribution >= 0.6 is 54.5 Å². The van der Waals surface area contributed by atoms with Crippen molar-refractivity contribution in [3.63, 3.8) is 0 Å². The van der Waals surface area contributed by atoms with E-state index in [9.17, 15) is 0 Å². The summed E-state index contributed by atoms with van der Waals surface area (Å²) in [5.74, 6) is 0. The molecule has 21 heavy (non-hydrogen) atoms. The first kappa shape index (κ1) is 17.4. The van der Waals surface area contributed by atoms with Crippen LogP contribution in [0.25, 0.3) is 0 Å². The van der Waals surface area contributed by atoms with E-state index in [1.165, 1.54) is 20.3 Å². The Morgan fingerprint density at radius 2 is 1.76 bits per heavy atom. The van der Waals surface area contributed by atoms with Gasteiger partial charge in [0.1, 0.15) is 0 Å². The van der Waals surface area contributed by atoms with Gasteiger partial charge in [-0.2, -0.15) is 0 Å². The Balaban J connectivity index is 2.45. The molecule has 0 bridgehead atoms. The van der Waals surface area contributed by atoms with Crippen LogP contribution in [0.15, 0.2) is 45.3 Å². The van der Waals surface area contributed by atoms with Crippen LogP contribution in [0.4, 0.5) is 0 Å². The van der Waals surface area contributed by atoms with Gasteiger partial charge in [0.15, 0.2) is 0 Å². The van der Waals surface area contributed by atoms with Crippen LogP contribution in [-0.2, 0) is 0 Å². The summed E-state index contributed by atoms with van der Waals surface area (Å²) in [4.78, 5) is 0. The van der Waals surface area contributed by atoms with Crippen LogP contribution in [0.3, 0.4) is 0 Å². The van der Waals surface area contributed by atoms with Crippen molar-refractivity contribution >= 4 is 54.5 Å². The Morgan fingerprint density at radius 1 is 1.10 bits per heavy atom. The average molecular weight is 523 g/mol. The molecule has 0 aliphatic carbocycles. The first-order valence-electron chi connectivity index (χ1n) is 6.97. The summed E-state index contributed by atoms with van der Waals surface area (Å²) in [6.07, 6.45) is 1.12. The van der Waals surface area contributed by atoms with Crippen LogP contribution in [0.2, 0.25) is 0 Å². The molecule has 2 aromatic rings. The monoisotopic (exact) mass is 521 g/mol. The van der Waals surface area contributed by atoms with Gasteiger partial charge in [0.25, 0.3) is 0 Å². The molecule has 112 valence electrons. The van der Waals surface area contributed by atoms with Gasteiger partial charge in [-0.15, -0.1) is 0 Å². The third kappa shape index (κ3) is 4.53. The molecule has 1 unspecified atom stereocenters. The average Bonchev–Trinajstić information content (AvgIpc) is 2.46. The highest BCUT2D eigenvalue weighted by Gasteiger charge is 2.17. The predicted octanol–water partition coefficient (Wildman–Crippen LogP) is 6.21. The first-order valence-corrected chi connectivity index (χ1v) is 9.63. The highest BCUT2D eigenvalue weighted by Crippen LogP contribution is 2.33. The summed E-state index contributed by atoms with van der Waals surface area (Å²) in [7, 11) is 0. The fraction of sp³-hybridized carbons (Fsp3) is 0.294. The number of hydrogen-bond acceptors (Lipinski definition) is 1. The van der Waals surface area contributed by atoms with Gasteiger partial charge in [0, 0.05) is 12.5 Å². The lowest BCUT2D eigenvalue weighted by Crippen LogP contribution is -2.23. The maximum atomic E-state index is 3.72. The summed E-state index contributed by atoms with van der Waals surface area (Å²) in [5, 5.41) is 3.66. The number of halogens is 3. The van der Waals surface area contributed by atoms with Gasteiger partial charge in [-0.05, 0) is 83.4 Å². The summed E-state index contributed by atoms with van der Waals surface area (Å²) in [6, 6.07) is 13.3. The topological polar surface area (TPSA) is 12.0 Å². The van der Waals surface area contributed by atoms with Crippen molar-refractivity contribution in [1.29, 1.82) is 0 Å². The van der Waals surface area contributed by atoms with Crippen molar-refractivity contribution in [1.82, 2.24) is 5.32 Å². The second kappa shape index (κ2) is 8.09. The zero-order valence-corrected chi connectivity index (χ0v) is 17.4. The Morgan fingerprint density at radius 3 is 2.38 bits per heavy atom. The van der Waals surface area contributed by atoms with Crippen LogP contribution in [0.5, 0.6) is 0 Å². The van der Waals surface area contributed by atoms with Gasteiger partial charge in [-0.1, -0.05) is 50.9 Å². The smallest absolute Gasteiger partial charge is 0.0588 e. The lowest BCUT2D eigenvalue weighted by atomic mass is 9.97. The molecule has 2 aromatic carbocycles. The van der Waals surface area contributed by atoms with E-state index in [0.29, 0.717) is 0 Å². The molecular weight excluding hydrogens is 505 g/mol. The van der Waals surface area contributed by atoms with Crippen LogP contribution < -0.4 is 5.32 Å². The van der Waals surface area contributed by atoms with Crippen molar-refractivity contribution in [3.05, 3.63) is 65.6 Å². The minimum atomic E-state index is 0.202. The first-order chi connectivity index (χ1) is 10.0. The third-order valence-corrected chi connectivity index (χ3v) is 5.65. The van der Waals surface area contributed by atoms with E-state index in [4.69, 9.17) is 0 Å². The molecule has 1 N–H and O–H groups in total. The Hall–Kier alpha value is 0.0900. The number of rotatable bonds is 5. The Labute approximate surface area is 157 Å². The summed E-state index contributed by atoms with van der Waals surface area (Å²) < 4.78 is 3.56. The summed E-state index contributed by atoms with van der Waals surface area (Å²) in [5.41, 5.74) is 3.80. The maximum Gasteiger partial charge on any atom is 0.0588 e. The van der Waals surface area contributed by atoms with Crippen molar-refractivity contribution in [2.75, 3.05) is 6.54 Å². The lowest BCUT2D eigenvalue weighted by Gasteiger charge is -2.22. The number of benzene rings is 2. The maximum absolute atomic E-state index is 3.72. The molecule has 0 radical (unpaired) electrons. The molecule has 0 saturated carbocycles.